The topological polar surface area (TPSA) is 152 Å². The largest absolute Gasteiger partial charge is 0.408 e. The van der Waals surface area contributed by atoms with Gasteiger partial charge in [-0.2, -0.15) is 26.7 Å². The Kier molecular flexibility index (Phi) is 8.03. The number of nitrogens with two attached hydrogens (primary N) is 1. The molecule has 2 fully saturated rings. The lowest BCUT2D eigenvalue weighted by molar-refractivity contribution is -0.183. The smallest absolute Gasteiger partial charge is 0.384 e. The molecule has 0 aliphatic carbocycles. The molecule has 4 heterocycles. The van der Waals surface area contributed by atoms with Gasteiger partial charge >= 0.3 is 6.18 Å². The molecule has 0 bridgehead atoms. The summed E-state index contributed by atoms with van der Waals surface area (Å²) >= 11 is 0. The van der Waals surface area contributed by atoms with E-state index in [9.17, 15) is 35.6 Å². The number of alkyl halides is 3. The molecular formula is C24H26F4N6O5S. The molecular weight excluding hydrogens is 560 g/mol. The van der Waals surface area contributed by atoms with Crippen molar-refractivity contribution in [2.45, 2.75) is 37.5 Å². The molecule has 3 N–H and O–H groups in total. The summed E-state index contributed by atoms with van der Waals surface area (Å²) in [6.07, 6.45) is -2.65. The van der Waals surface area contributed by atoms with Gasteiger partial charge in [-0.05, 0) is 25.0 Å². The summed E-state index contributed by atoms with van der Waals surface area (Å²) in [5.41, 5.74) is 6.67. The average molecular weight is 587 g/mol. The number of rotatable bonds is 4. The molecule has 2 aliphatic heterocycles. The van der Waals surface area contributed by atoms with Gasteiger partial charge in [0.25, 0.3) is 16.0 Å². The minimum absolute atomic E-state index is 0.0343. The molecule has 1 atom stereocenters. The van der Waals surface area contributed by atoms with Gasteiger partial charge in [0.1, 0.15) is 18.4 Å². The van der Waals surface area contributed by atoms with Crippen LogP contribution in [0.25, 0.3) is 10.9 Å². The zero-order valence-corrected chi connectivity index (χ0v) is 22.0. The zero-order chi connectivity index (χ0) is 29.4. The number of fused-ring (bicyclic) bond motifs is 1. The maximum atomic E-state index is 14.0. The Labute approximate surface area is 226 Å². The third-order valence-corrected chi connectivity index (χ3v) is 6.58. The Bertz CT molecular complexity index is 1530. The van der Waals surface area contributed by atoms with E-state index in [-0.39, 0.29) is 49.9 Å². The highest BCUT2D eigenvalue weighted by atomic mass is 32.2. The third kappa shape index (κ3) is 6.50. The van der Waals surface area contributed by atoms with Crippen molar-refractivity contribution in [3.05, 3.63) is 53.6 Å². The van der Waals surface area contributed by atoms with E-state index in [0.717, 1.165) is 16.5 Å². The van der Waals surface area contributed by atoms with Crippen LogP contribution in [0.15, 0.2) is 36.5 Å². The summed E-state index contributed by atoms with van der Waals surface area (Å²) in [5, 5.41) is 5.31. The number of nitrogens with zero attached hydrogens (tertiary/aromatic N) is 5. The Morgan fingerprint density at radius 1 is 1.20 bits per heavy atom. The van der Waals surface area contributed by atoms with Gasteiger partial charge < -0.3 is 15.5 Å². The molecule has 2 amide bonds. The van der Waals surface area contributed by atoms with Crippen molar-refractivity contribution in [3.8, 4) is 0 Å². The predicted octanol–water partition coefficient (Wildman–Crippen LogP) is 2.45. The zero-order valence-electron chi connectivity index (χ0n) is 21.2. The van der Waals surface area contributed by atoms with Crippen LogP contribution in [0.5, 0.6) is 0 Å². The van der Waals surface area contributed by atoms with Gasteiger partial charge in [0.2, 0.25) is 5.91 Å². The van der Waals surface area contributed by atoms with Gasteiger partial charge in [0.15, 0.2) is 5.82 Å². The number of pyridine rings is 1. The van der Waals surface area contributed by atoms with E-state index in [4.69, 9.17) is 10.3 Å². The molecule has 2 saturated heterocycles. The van der Waals surface area contributed by atoms with Crippen molar-refractivity contribution < 1.29 is 40.1 Å². The number of carbonyl (C=O) groups is 2. The molecule has 5 rings (SSSR count). The fourth-order valence-electron chi connectivity index (χ4n) is 4.81. The van der Waals surface area contributed by atoms with Crippen LogP contribution in [0, 0.1) is 5.82 Å². The lowest BCUT2D eigenvalue weighted by atomic mass is 9.93. The molecule has 0 radical (unpaired) electrons. The van der Waals surface area contributed by atoms with E-state index >= 15 is 0 Å². The second-order valence-electron chi connectivity index (χ2n) is 9.58. The number of aromatic nitrogens is 3. The minimum atomic E-state index is -4.47. The van der Waals surface area contributed by atoms with E-state index in [1.807, 2.05) is 6.07 Å². The monoisotopic (exact) mass is 586 g/mol. The van der Waals surface area contributed by atoms with Crippen molar-refractivity contribution in [3.63, 3.8) is 0 Å². The number of amides is 2. The van der Waals surface area contributed by atoms with Crippen molar-refractivity contribution in [1.29, 1.82) is 0 Å². The molecule has 11 nitrogen and oxygen atoms in total. The number of likely N-dealkylation sites (tertiary alicyclic amines) is 2. The van der Waals surface area contributed by atoms with Crippen LogP contribution < -0.4 is 5.73 Å². The summed E-state index contributed by atoms with van der Waals surface area (Å²) in [6.45, 7) is 0.296. The molecule has 1 aromatic carbocycles. The second-order valence-corrected chi connectivity index (χ2v) is 11.0. The Balaban J connectivity index is 0.000000681. The Morgan fingerprint density at radius 2 is 1.85 bits per heavy atom. The summed E-state index contributed by atoms with van der Waals surface area (Å²) in [4.78, 5) is 31.4. The molecule has 0 saturated carbocycles. The third-order valence-electron chi connectivity index (χ3n) is 6.58. The number of hydrogen-bond donors (Lipinski definition) is 2. The lowest BCUT2D eigenvalue weighted by Crippen LogP contribution is -2.49. The maximum Gasteiger partial charge on any atom is 0.408 e. The first-order valence-electron chi connectivity index (χ1n) is 12.1. The highest BCUT2D eigenvalue weighted by molar-refractivity contribution is 7.85. The quantitative estimate of drug-likeness (QED) is 0.350. The van der Waals surface area contributed by atoms with Crippen LogP contribution in [0.4, 0.5) is 23.4 Å². The van der Waals surface area contributed by atoms with Crippen LogP contribution in [-0.4, -0.2) is 87.5 Å². The van der Waals surface area contributed by atoms with Gasteiger partial charge in [0, 0.05) is 30.9 Å². The molecule has 0 spiro atoms. The minimum Gasteiger partial charge on any atom is -0.384 e. The van der Waals surface area contributed by atoms with E-state index in [2.05, 4.69) is 10.1 Å². The van der Waals surface area contributed by atoms with E-state index in [1.54, 1.807) is 18.2 Å². The fraction of sp³-hybridized carbons (Fsp3) is 0.417. The summed E-state index contributed by atoms with van der Waals surface area (Å²) in [5.74, 6) is -2.05. The summed E-state index contributed by atoms with van der Waals surface area (Å²) in [7, 11) is -3.67. The molecule has 0 unspecified atom stereocenters. The number of hydrogen-bond acceptors (Lipinski definition) is 7. The maximum absolute atomic E-state index is 14.0. The molecule has 2 aliphatic rings. The van der Waals surface area contributed by atoms with Gasteiger partial charge in [-0.1, -0.05) is 18.2 Å². The van der Waals surface area contributed by atoms with Crippen molar-refractivity contribution in [1.82, 2.24) is 24.6 Å². The first-order chi connectivity index (χ1) is 18.6. The number of para-hydroxylation sites is 1. The molecule has 3 aromatic rings. The van der Waals surface area contributed by atoms with Crippen LogP contribution in [-0.2, 0) is 21.5 Å². The van der Waals surface area contributed by atoms with E-state index in [1.165, 1.54) is 15.6 Å². The predicted molar refractivity (Wildman–Crippen MR) is 135 cm³/mol. The Morgan fingerprint density at radius 3 is 2.50 bits per heavy atom. The number of carbonyl (C=O) groups excluding carboxylic acids is 2. The average Bonchev–Trinajstić information content (AvgIpc) is 3.45. The first kappa shape index (κ1) is 29.2. The van der Waals surface area contributed by atoms with E-state index in [0.29, 0.717) is 23.9 Å². The molecule has 16 heteroatoms. The van der Waals surface area contributed by atoms with Gasteiger partial charge in [-0.25, -0.2) is 9.37 Å². The van der Waals surface area contributed by atoms with Crippen LogP contribution >= 0.6 is 0 Å². The number of nitrogen functional groups attached to an aromatic ring is 1. The normalized spacial score (nSPS) is 17.9. The van der Waals surface area contributed by atoms with Crippen molar-refractivity contribution >= 4 is 38.7 Å². The number of benzene rings is 1. The van der Waals surface area contributed by atoms with Gasteiger partial charge in [-0.15, -0.1) is 0 Å². The summed E-state index contributed by atoms with van der Waals surface area (Å²) < 4.78 is 81.3. The van der Waals surface area contributed by atoms with Crippen LogP contribution in [0.1, 0.15) is 34.8 Å². The lowest BCUT2D eigenvalue weighted by Gasteiger charge is -2.38. The van der Waals surface area contributed by atoms with Crippen molar-refractivity contribution in [2.24, 2.45) is 0 Å². The van der Waals surface area contributed by atoms with E-state index < -0.39 is 40.0 Å². The van der Waals surface area contributed by atoms with Gasteiger partial charge in [-0.3, -0.25) is 18.8 Å². The van der Waals surface area contributed by atoms with Crippen LogP contribution in [0.2, 0.25) is 0 Å². The number of halogens is 4. The Hall–Kier alpha value is -3.79. The number of anilines is 1. The summed E-state index contributed by atoms with van der Waals surface area (Å²) in [6, 6.07) is 6.55. The molecule has 40 heavy (non-hydrogen) atoms. The first-order valence-corrected chi connectivity index (χ1v) is 13.9. The second kappa shape index (κ2) is 11.0. The fourth-order valence-corrected chi connectivity index (χ4v) is 4.81. The standard InChI is InChI=1S/C23H22F4N6O2.CH4O3S/c24-16-9-29-19(28)8-15(16)22(35)31-10-13(11-31)21-14-4-1-2-5-17(14)33(30-21)12-20(34)32-7-3-6-18(32)23(25,26)27;1-5(2,3)4/h1-2,4-5,8-9,13,18H,3,6-7,10-12H2,(H2,28,29);1H3,(H,2,3,4)/t18-;/m0./s1. The highest BCUT2D eigenvalue weighted by Crippen LogP contribution is 2.35. The van der Waals surface area contributed by atoms with Crippen LogP contribution in [0.3, 0.4) is 0 Å². The highest BCUT2D eigenvalue weighted by Gasteiger charge is 2.47. The SMILES string of the molecule is CS(=O)(=O)O.Nc1cc(C(=O)N2CC(c3nn(CC(=O)N4CCC[C@H]4C(F)(F)F)c4ccccc34)C2)c(F)cn1. The molecule has 2 aromatic heterocycles. The van der Waals surface area contributed by atoms with Gasteiger partial charge in [0.05, 0.1) is 29.2 Å². The molecule has 216 valence electrons. The van der Waals surface area contributed by atoms with Crippen molar-refractivity contribution in [2.75, 3.05) is 31.6 Å².